The molecule has 1 aromatic heterocycles. The first-order valence-electron chi connectivity index (χ1n) is 6.49. The van der Waals surface area contributed by atoms with Gasteiger partial charge in [-0.3, -0.25) is 4.98 Å². The van der Waals surface area contributed by atoms with Crippen LogP contribution in [0, 0.1) is 13.8 Å². The standard InChI is InChI=1S/C16H17NO3/c1-4-12-5-7-13(8-6-12)20-14-9-10(2)17-11(3)15(14)16(18)19/h5-9H,4H2,1-3H3,(H,18,19). The molecule has 0 unspecified atom stereocenters. The van der Waals surface area contributed by atoms with Crippen LogP contribution in [0.1, 0.15) is 34.2 Å². The van der Waals surface area contributed by atoms with E-state index in [2.05, 4.69) is 11.9 Å². The monoisotopic (exact) mass is 271 g/mol. The molecule has 0 aliphatic heterocycles. The maximum Gasteiger partial charge on any atom is 0.341 e. The molecule has 0 spiro atoms. The van der Waals surface area contributed by atoms with Crippen molar-refractivity contribution in [3.8, 4) is 11.5 Å². The first kappa shape index (κ1) is 14.1. The van der Waals surface area contributed by atoms with E-state index in [0.29, 0.717) is 17.2 Å². The van der Waals surface area contributed by atoms with Crippen molar-refractivity contribution in [2.45, 2.75) is 27.2 Å². The highest BCUT2D eigenvalue weighted by Crippen LogP contribution is 2.28. The van der Waals surface area contributed by atoms with Gasteiger partial charge in [-0.15, -0.1) is 0 Å². The number of hydrogen-bond acceptors (Lipinski definition) is 3. The van der Waals surface area contributed by atoms with Gasteiger partial charge in [-0.1, -0.05) is 19.1 Å². The molecule has 0 saturated heterocycles. The number of pyridine rings is 1. The van der Waals surface area contributed by atoms with Crippen LogP contribution < -0.4 is 4.74 Å². The summed E-state index contributed by atoms with van der Waals surface area (Å²) in [6.07, 6.45) is 0.953. The molecule has 1 N–H and O–H groups in total. The molecule has 4 nitrogen and oxygen atoms in total. The highest BCUT2D eigenvalue weighted by atomic mass is 16.5. The van der Waals surface area contributed by atoms with Gasteiger partial charge in [-0.05, 0) is 38.0 Å². The molecular formula is C16H17NO3. The SMILES string of the molecule is CCc1ccc(Oc2cc(C)nc(C)c2C(=O)O)cc1. The van der Waals surface area contributed by atoms with Crippen LogP contribution in [0.4, 0.5) is 0 Å². The molecule has 0 aliphatic carbocycles. The zero-order valence-corrected chi connectivity index (χ0v) is 11.8. The average Bonchev–Trinajstić information content (AvgIpc) is 2.38. The minimum atomic E-state index is -1.03. The molecule has 20 heavy (non-hydrogen) atoms. The van der Waals surface area contributed by atoms with Crippen LogP contribution in [0.5, 0.6) is 11.5 Å². The van der Waals surface area contributed by atoms with Gasteiger partial charge in [0.25, 0.3) is 0 Å². The number of benzene rings is 1. The molecule has 0 fully saturated rings. The summed E-state index contributed by atoms with van der Waals surface area (Å²) < 4.78 is 5.71. The van der Waals surface area contributed by atoms with Gasteiger partial charge < -0.3 is 9.84 Å². The molecule has 0 radical (unpaired) electrons. The lowest BCUT2D eigenvalue weighted by atomic mass is 10.1. The van der Waals surface area contributed by atoms with Crippen molar-refractivity contribution >= 4 is 5.97 Å². The van der Waals surface area contributed by atoms with Crippen LogP contribution >= 0.6 is 0 Å². The highest BCUT2D eigenvalue weighted by Gasteiger charge is 2.17. The summed E-state index contributed by atoms with van der Waals surface area (Å²) in [6, 6.07) is 9.27. The summed E-state index contributed by atoms with van der Waals surface area (Å²) in [5, 5.41) is 9.28. The number of nitrogens with zero attached hydrogens (tertiary/aromatic N) is 1. The first-order chi connectivity index (χ1) is 9.51. The second kappa shape index (κ2) is 5.74. The fraction of sp³-hybridized carbons (Fsp3) is 0.250. The van der Waals surface area contributed by atoms with Crippen molar-refractivity contribution in [1.82, 2.24) is 4.98 Å². The Hall–Kier alpha value is -2.36. The molecule has 4 heteroatoms. The Bertz CT molecular complexity index is 633. The van der Waals surface area contributed by atoms with E-state index in [-0.39, 0.29) is 5.56 Å². The van der Waals surface area contributed by atoms with E-state index in [1.54, 1.807) is 13.0 Å². The third-order valence-electron chi connectivity index (χ3n) is 3.07. The van der Waals surface area contributed by atoms with Crippen LogP contribution in [-0.2, 0) is 6.42 Å². The molecule has 0 atom stereocenters. The largest absolute Gasteiger partial charge is 0.477 e. The topological polar surface area (TPSA) is 59.4 Å². The normalized spacial score (nSPS) is 10.3. The van der Waals surface area contributed by atoms with E-state index in [1.807, 2.05) is 31.2 Å². The van der Waals surface area contributed by atoms with E-state index in [4.69, 9.17) is 4.74 Å². The smallest absolute Gasteiger partial charge is 0.341 e. The lowest BCUT2D eigenvalue weighted by Gasteiger charge is -2.11. The number of rotatable bonds is 4. The molecule has 2 rings (SSSR count). The summed E-state index contributed by atoms with van der Waals surface area (Å²) in [5.74, 6) is -0.0865. The number of carboxylic acid groups (broad SMARTS) is 1. The Morgan fingerprint density at radius 2 is 1.90 bits per heavy atom. The van der Waals surface area contributed by atoms with Crippen molar-refractivity contribution in [2.24, 2.45) is 0 Å². The maximum absolute atomic E-state index is 11.3. The number of ether oxygens (including phenoxy) is 1. The number of hydrogen-bond donors (Lipinski definition) is 1. The molecule has 1 aromatic carbocycles. The van der Waals surface area contributed by atoms with Crippen LogP contribution in [0.3, 0.4) is 0 Å². The maximum atomic E-state index is 11.3. The van der Waals surface area contributed by atoms with Gasteiger partial charge in [-0.2, -0.15) is 0 Å². The van der Waals surface area contributed by atoms with Crippen molar-refractivity contribution in [2.75, 3.05) is 0 Å². The third kappa shape index (κ3) is 2.96. The Morgan fingerprint density at radius 1 is 1.25 bits per heavy atom. The van der Waals surface area contributed by atoms with E-state index >= 15 is 0 Å². The molecule has 0 bridgehead atoms. The van der Waals surface area contributed by atoms with E-state index in [9.17, 15) is 9.90 Å². The predicted octanol–water partition coefficient (Wildman–Crippen LogP) is 3.75. The van der Waals surface area contributed by atoms with Crippen LogP contribution in [0.25, 0.3) is 0 Å². The average molecular weight is 271 g/mol. The molecule has 0 aliphatic rings. The Kier molecular flexibility index (Phi) is 4.03. The Morgan fingerprint density at radius 3 is 2.45 bits per heavy atom. The summed E-state index contributed by atoms with van der Waals surface area (Å²) in [6.45, 7) is 5.56. The number of carboxylic acids is 1. The first-order valence-corrected chi connectivity index (χ1v) is 6.49. The van der Waals surface area contributed by atoms with Crippen LogP contribution in [0.15, 0.2) is 30.3 Å². The number of aryl methyl sites for hydroxylation is 3. The summed E-state index contributed by atoms with van der Waals surface area (Å²) in [4.78, 5) is 15.5. The molecule has 104 valence electrons. The Labute approximate surface area is 118 Å². The van der Waals surface area contributed by atoms with E-state index in [1.165, 1.54) is 5.56 Å². The minimum absolute atomic E-state index is 0.107. The van der Waals surface area contributed by atoms with Crippen molar-refractivity contribution in [1.29, 1.82) is 0 Å². The molecule has 2 aromatic rings. The fourth-order valence-electron chi connectivity index (χ4n) is 2.05. The minimum Gasteiger partial charge on any atom is -0.477 e. The molecule has 0 amide bonds. The summed E-state index contributed by atoms with van der Waals surface area (Å²) in [7, 11) is 0. The number of carbonyl (C=O) groups is 1. The van der Waals surface area contributed by atoms with Gasteiger partial charge >= 0.3 is 5.97 Å². The molecule has 0 saturated carbocycles. The predicted molar refractivity (Wildman–Crippen MR) is 76.6 cm³/mol. The van der Waals surface area contributed by atoms with Gasteiger partial charge in [-0.25, -0.2) is 4.79 Å². The zero-order valence-electron chi connectivity index (χ0n) is 11.8. The lowest BCUT2D eigenvalue weighted by Crippen LogP contribution is -2.06. The zero-order chi connectivity index (χ0) is 14.7. The van der Waals surface area contributed by atoms with Gasteiger partial charge in [0.2, 0.25) is 0 Å². The molecular weight excluding hydrogens is 254 g/mol. The summed E-state index contributed by atoms with van der Waals surface area (Å²) in [5.41, 5.74) is 2.50. The molecule has 1 heterocycles. The van der Waals surface area contributed by atoms with Crippen molar-refractivity contribution in [3.05, 3.63) is 52.8 Å². The van der Waals surface area contributed by atoms with Gasteiger partial charge in [0.1, 0.15) is 17.1 Å². The van der Waals surface area contributed by atoms with Crippen molar-refractivity contribution in [3.63, 3.8) is 0 Å². The second-order valence-electron chi connectivity index (χ2n) is 4.63. The lowest BCUT2D eigenvalue weighted by molar-refractivity contribution is 0.0693. The summed E-state index contributed by atoms with van der Waals surface area (Å²) >= 11 is 0. The Balaban J connectivity index is 2.39. The van der Waals surface area contributed by atoms with Gasteiger partial charge in [0, 0.05) is 11.8 Å². The van der Waals surface area contributed by atoms with Crippen LogP contribution in [-0.4, -0.2) is 16.1 Å². The van der Waals surface area contributed by atoms with E-state index < -0.39 is 5.97 Å². The van der Waals surface area contributed by atoms with E-state index in [0.717, 1.165) is 12.1 Å². The van der Waals surface area contributed by atoms with Gasteiger partial charge in [0.05, 0.1) is 5.69 Å². The third-order valence-corrected chi connectivity index (χ3v) is 3.07. The quantitative estimate of drug-likeness (QED) is 0.920. The highest BCUT2D eigenvalue weighted by molar-refractivity contribution is 5.92. The second-order valence-corrected chi connectivity index (χ2v) is 4.63. The number of aromatic carboxylic acids is 1. The van der Waals surface area contributed by atoms with Gasteiger partial charge in [0.15, 0.2) is 0 Å². The van der Waals surface area contributed by atoms with Crippen LogP contribution in [0.2, 0.25) is 0 Å². The van der Waals surface area contributed by atoms with Crippen molar-refractivity contribution < 1.29 is 14.6 Å². The number of aromatic nitrogens is 1. The fourth-order valence-corrected chi connectivity index (χ4v) is 2.05.